The van der Waals surface area contributed by atoms with E-state index in [1.807, 2.05) is 31.2 Å². The molecule has 19 heavy (non-hydrogen) atoms. The Labute approximate surface area is 113 Å². The molecule has 0 aliphatic heterocycles. The molecule has 0 saturated carbocycles. The summed E-state index contributed by atoms with van der Waals surface area (Å²) in [6.45, 7) is 5.93. The van der Waals surface area contributed by atoms with Crippen LogP contribution >= 0.6 is 0 Å². The fourth-order valence-electron chi connectivity index (χ4n) is 1.36. The largest absolute Gasteiger partial charge is 0.489 e. The smallest absolute Gasteiger partial charge is 0.269 e. The van der Waals surface area contributed by atoms with Gasteiger partial charge < -0.3 is 10.1 Å². The first-order valence-electron chi connectivity index (χ1n) is 5.94. The van der Waals surface area contributed by atoms with Crippen molar-refractivity contribution < 1.29 is 9.53 Å². The van der Waals surface area contributed by atoms with Gasteiger partial charge in [0.2, 0.25) is 0 Å². The molecule has 0 heterocycles. The van der Waals surface area contributed by atoms with E-state index in [-0.39, 0.29) is 11.6 Å². The van der Waals surface area contributed by atoms with Gasteiger partial charge in [-0.25, -0.2) is 0 Å². The molecule has 0 spiro atoms. The number of hydrogen-bond donors (Lipinski definition) is 1. The molecule has 4 nitrogen and oxygen atoms in total. The van der Waals surface area contributed by atoms with Crippen LogP contribution in [-0.2, 0) is 4.79 Å². The fourth-order valence-corrected chi connectivity index (χ4v) is 1.36. The topological polar surface area (TPSA) is 50.7 Å². The molecule has 1 aromatic carbocycles. The number of amides is 1. The summed E-state index contributed by atoms with van der Waals surface area (Å²) >= 11 is 0. The van der Waals surface area contributed by atoms with Gasteiger partial charge in [0, 0.05) is 13.2 Å². The van der Waals surface area contributed by atoms with E-state index in [1.165, 1.54) is 12.3 Å². The summed E-state index contributed by atoms with van der Waals surface area (Å²) in [5.74, 6) is 0.545. The van der Waals surface area contributed by atoms with Gasteiger partial charge in [-0.15, -0.1) is 0 Å². The van der Waals surface area contributed by atoms with Crippen LogP contribution in [0.2, 0.25) is 0 Å². The molecule has 0 fully saturated rings. The lowest BCUT2D eigenvalue weighted by molar-refractivity contribution is -0.114. The lowest BCUT2D eigenvalue weighted by Gasteiger charge is -2.03. The average molecular weight is 258 g/mol. The highest BCUT2D eigenvalue weighted by Gasteiger charge is 2.01. The van der Waals surface area contributed by atoms with Crippen LogP contribution in [0.25, 0.3) is 0 Å². The summed E-state index contributed by atoms with van der Waals surface area (Å²) in [4.78, 5) is 15.3. The molecule has 0 aliphatic rings. The number of carbonyl (C=O) groups is 1. The van der Waals surface area contributed by atoms with Crippen molar-refractivity contribution in [2.45, 2.75) is 6.92 Å². The maximum absolute atomic E-state index is 11.3. The summed E-state index contributed by atoms with van der Waals surface area (Å²) < 4.78 is 5.51. The first-order chi connectivity index (χ1) is 9.17. The molecule has 0 saturated heterocycles. The molecule has 1 aromatic rings. The first kappa shape index (κ1) is 14.7. The van der Waals surface area contributed by atoms with Crippen LogP contribution in [0.3, 0.4) is 0 Å². The van der Waals surface area contributed by atoms with Gasteiger partial charge >= 0.3 is 0 Å². The van der Waals surface area contributed by atoms with Crippen LogP contribution in [0.5, 0.6) is 5.75 Å². The lowest BCUT2D eigenvalue weighted by atomic mass is 10.2. The van der Waals surface area contributed by atoms with E-state index in [1.54, 1.807) is 13.1 Å². The Hall–Kier alpha value is -2.36. The second kappa shape index (κ2) is 7.87. The van der Waals surface area contributed by atoms with Crippen LogP contribution in [0.1, 0.15) is 5.56 Å². The Kier molecular flexibility index (Phi) is 6.09. The molecule has 0 aliphatic carbocycles. The van der Waals surface area contributed by atoms with Gasteiger partial charge in [-0.05, 0) is 36.8 Å². The van der Waals surface area contributed by atoms with Crippen LogP contribution in [0, 0.1) is 6.92 Å². The predicted molar refractivity (Wildman–Crippen MR) is 77.5 cm³/mol. The molecular formula is C15H18N2O2. The highest BCUT2D eigenvalue weighted by atomic mass is 16.5. The van der Waals surface area contributed by atoms with E-state index in [4.69, 9.17) is 4.74 Å². The van der Waals surface area contributed by atoms with Crippen LogP contribution < -0.4 is 10.1 Å². The number of aryl methyl sites for hydroxylation is 1. The number of rotatable bonds is 6. The highest BCUT2D eigenvalue weighted by Crippen LogP contribution is 2.11. The van der Waals surface area contributed by atoms with Gasteiger partial charge in [0.1, 0.15) is 18.1 Å². The minimum absolute atomic E-state index is 0.265. The van der Waals surface area contributed by atoms with Gasteiger partial charge in [0.15, 0.2) is 0 Å². The predicted octanol–water partition coefficient (Wildman–Crippen LogP) is 2.26. The van der Waals surface area contributed by atoms with Crippen molar-refractivity contribution in [2.24, 2.45) is 4.99 Å². The summed E-state index contributed by atoms with van der Waals surface area (Å²) in [6, 6.07) is 7.79. The number of carbonyl (C=O) groups excluding carboxylic acids is 1. The minimum atomic E-state index is -0.265. The zero-order valence-electron chi connectivity index (χ0n) is 11.2. The van der Waals surface area contributed by atoms with Gasteiger partial charge in [-0.2, -0.15) is 0 Å². The highest BCUT2D eigenvalue weighted by molar-refractivity contribution is 6.43. The lowest BCUT2D eigenvalue weighted by Crippen LogP contribution is -2.25. The minimum Gasteiger partial charge on any atom is -0.489 e. The van der Waals surface area contributed by atoms with Crippen molar-refractivity contribution >= 4 is 11.6 Å². The summed E-state index contributed by atoms with van der Waals surface area (Å²) in [5, 5.41) is 2.48. The zero-order valence-corrected chi connectivity index (χ0v) is 11.2. The third-order valence-corrected chi connectivity index (χ3v) is 2.31. The Bertz CT molecular complexity index is 505. The summed E-state index contributed by atoms with van der Waals surface area (Å²) in [7, 11) is 1.55. The van der Waals surface area contributed by atoms with E-state index in [0.29, 0.717) is 6.61 Å². The number of ether oxygens (including phenoxy) is 1. The molecule has 1 rings (SSSR count). The number of benzene rings is 1. The second-order valence-electron chi connectivity index (χ2n) is 3.81. The number of nitrogens with one attached hydrogen (secondary N) is 1. The van der Waals surface area contributed by atoms with Crippen LogP contribution in [0.15, 0.2) is 54.2 Å². The molecule has 1 N–H and O–H groups in total. The third kappa shape index (κ3) is 5.21. The van der Waals surface area contributed by atoms with Crippen molar-refractivity contribution in [3.05, 3.63) is 54.8 Å². The summed E-state index contributed by atoms with van der Waals surface area (Å²) in [6.07, 6.45) is 4.67. The molecule has 0 aromatic heterocycles. The standard InChI is InChI=1S/C15H18N2O2/c1-4-14(15(18)16-3)17-9-6-10-19-13-8-5-7-12(2)11-13/h4-9,11H,1,10H2,2-3H3,(H,16,18)/b9-6-,17-14?. The monoisotopic (exact) mass is 258 g/mol. The van der Waals surface area contributed by atoms with Crippen molar-refractivity contribution in [1.82, 2.24) is 5.32 Å². The number of nitrogens with zero attached hydrogens (tertiary/aromatic N) is 1. The Morgan fingerprint density at radius 1 is 1.53 bits per heavy atom. The molecule has 4 heteroatoms. The van der Waals surface area contributed by atoms with Crippen molar-refractivity contribution in [3.63, 3.8) is 0 Å². The normalized spacial score (nSPS) is 11.4. The second-order valence-corrected chi connectivity index (χ2v) is 3.81. The molecule has 0 atom stereocenters. The summed E-state index contributed by atoms with van der Waals surface area (Å²) in [5.41, 5.74) is 1.42. The van der Waals surface area contributed by atoms with Crippen molar-refractivity contribution in [1.29, 1.82) is 0 Å². The third-order valence-electron chi connectivity index (χ3n) is 2.31. The van der Waals surface area contributed by atoms with Crippen molar-refractivity contribution in [3.8, 4) is 5.75 Å². The average Bonchev–Trinajstić information content (AvgIpc) is 2.42. The van der Waals surface area contributed by atoms with Gasteiger partial charge in [0.25, 0.3) is 5.91 Å². The fraction of sp³-hybridized carbons (Fsp3) is 0.200. The molecule has 0 unspecified atom stereocenters. The maximum atomic E-state index is 11.3. The molecular weight excluding hydrogens is 240 g/mol. The zero-order chi connectivity index (χ0) is 14.1. The van der Waals surface area contributed by atoms with Gasteiger partial charge in [-0.1, -0.05) is 18.7 Å². The van der Waals surface area contributed by atoms with Crippen LogP contribution in [-0.4, -0.2) is 25.3 Å². The first-order valence-corrected chi connectivity index (χ1v) is 5.94. The van der Waals surface area contributed by atoms with E-state index < -0.39 is 0 Å². The van der Waals surface area contributed by atoms with Gasteiger partial charge in [-0.3, -0.25) is 9.79 Å². The van der Waals surface area contributed by atoms with E-state index in [2.05, 4.69) is 16.9 Å². The molecule has 100 valence electrons. The number of hydrogen-bond acceptors (Lipinski definition) is 3. The number of aliphatic imine (C=N–C) groups is 1. The van der Waals surface area contributed by atoms with E-state index >= 15 is 0 Å². The molecule has 0 radical (unpaired) electrons. The SMILES string of the molecule is C=CC(=N/C=C\COc1cccc(C)c1)C(=O)NC. The van der Waals surface area contributed by atoms with E-state index in [0.717, 1.165) is 11.3 Å². The molecule has 1 amide bonds. The van der Waals surface area contributed by atoms with Crippen LogP contribution in [0.4, 0.5) is 0 Å². The Morgan fingerprint density at radius 3 is 2.95 bits per heavy atom. The Morgan fingerprint density at radius 2 is 2.32 bits per heavy atom. The van der Waals surface area contributed by atoms with E-state index in [9.17, 15) is 4.79 Å². The quantitative estimate of drug-likeness (QED) is 0.796. The van der Waals surface area contributed by atoms with Crippen molar-refractivity contribution in [2.75, 3.05) is 13.7 Å². The Balaban J connectivity index is 2.48. The maximum Gasteiger partial charge on any atom is 0.269 e. The van der Waals surface area contributed by atoms with Gasteiger partial charge in [0.05, 0.1) is 0 Å². The molecule has 0 bridgehead atoms.